The molecular formula is C9H18N. The Hall–Kier alpha value is -0.0400. The lowest BCUT2D eigenvalue weighted by Crippen LogP contribution is -2.41. The molecule has 1 nitrogen and oxygen atoms in total. The highest BCUT2D eigenvalue weighted by atomic mass is 14.9. The molecule has 10 heavy (non-hydrogen) atoms. The van der Waals surface area contributed by atoms with Gasteiger partial charge in [0.05, 0.1) is 0 Å². The number of hydrogen-bond donors (Lipinski definition) is 0. The highest BCUT2D eigenvalue weighted by Gasteiger charge is 2.33. The van der Waals surface area contributed by atoms with E-state index in [1.807, 2.05) is 0 Å². The van der Waals surface area contributed by atoms with E-state index in [4.69, 9.17) is 0 Å². The summed E-state index contributed by atoms with van der Waals surface area (Å²) in [6, 6.07) is 0. The molecule has 1 fully saturated rings. The lowest BCUT2D eigenvalue weighted by molar-refractivity contribution is 0.133. The summed E-state index contributed by atoms with van der Waals surface area (Å²) in [5, 5.41) is 4.48. The standard InChI is InChI=1S/C9H18N/c1-8(2)5-9(3,4)7-10-6-8/h5-7H2,1-4H3. The molecule has 0 amide bonds. The molecule has 1 aliphatic rings. The minimum atomic E-state index is 0.446. The normalized spacial score (nSPS) is 30.0. The van der Waals surface area contributed by atoms with E-state index in [0.717, 1.165) is 13.1 Å². The topological polar surface area (TPSA) is 14.1 Å². The van der Waals surface area contributed by atoms with Crippen LogP contribution in [0.25, 0.3) is 0 Å². The molecular weight excluding hydrogens is 122 g/mol. The molecule has 1 rings (SSSR count). The minimum Gasteiger partial charge on any atom is -0.241 e. The van der Waals surface area contributed by atoms with Crippen LogP contribution in [-0.4, -0.2) is 13.1 Å². The summed E-state index contributed by atoms with van der Waals surface area (Å²) in [5.74, 6) is 0. The maximum Gasteiger partial charge on any atom is 0.0185 e. The monoisotopic (exact) mass is 140 g/mol. The molecule has 0 unspecified atom stereocenters. The molecule has 59 valence electrons. The van der Waals surface area contributed by atoms with Gasteiger partial charge >= 0.3 is 0 Å². The molecule has 0 N–H and O–H groups in total. The zero-order valence-electron chi connectivity index (χ0n) is 7.57. The van der Waals surface area contributed by atoms with Gasteiger partial charge in [0.2, 0.25) is 0 Å². The number of nitrogens with zero attached hydrogens (tertiary/aromatic N) is 1. The van der Waals surface area contributed by atoms with Crippen LogP contribution in [0.5, 0.6) is 0 Å². The maximum absolute atomic E-state index is 4.48. The highest BCUT2D eigenvalue weighted by molar-refractivity contribution is 4.86. The third kappa shape index (κ3) is 1.98. The van der Waals surface area contributed by atoms with E-state index in [-0.39, 0.29) is 0 Å². The first-order chi connectivity index (χ1) is 4.41. The summed E-state index contributed by atoms with van der Waals surface area (Å²) in [7, 11) is 0. The van der Waals surface area contributed by atoms with Crippen molar-refractivity contribution in [2.24, 2.45) is 10.8 Å². The van der Waals surface area contributed by atoms with E-state index in [9.17, 15) is 0 Å². The minimum absolute atomic E-state index is 0.446. The molecule has 1 saturated heterocycles. The van der Waals surface area contributed by atoms with Gasteiger partial charge < -0.3 is 0 Å². The predicted molar refractivity (Wildman–Crippen MR) is 44.0 cm³/mol. The molecule has 1 aliphatic heterocycles. The average Bonchev–Trinajstić information content (AvgIpc) is 1.56. The third-order valence-electron chi connectivity index (χ3n) is 2.04. The molecule has 1 heterocycles. The van der Waals surface area contributed by atoms with Crippen molar-refractivity contribution in [3.8, 4) is 0 Å². The second-order valence-electron chi connectivity index (χ2n) is 5.05. The summed E-state index contributed by atoms with van der Waals surface area (Å²) < 4.78 is 0. The van der Waals surface area contributed by atoms with E-state index >= 15 is 0 Å². The Balaban J connectivity index is 2.56. The summed E-state index contributed by atoms with van der Waals surface area (Å²) in [5.41, 5.74) is 0.892. The van der Waals surface area contributed by atoms with Crippen LogP contribution in [-0.2, 0) is 0 Å². The zero-order chi connectivity index (χ0) is 7.83. The van der Waals surface area contributed by atoms with Gasteiger partial charge in [0.25, 0.3) is 0 Å². The average molecular weight is 140 g/mol. The Labute approximate surface area is 64.2 Å². The van der Waals surface area contributed by atoms with Crippen LogP contribution in [0.1, 0.15) is 34.1 Å². The first-order valence-corrected chi connectivity index (χ1v) is 4.05. The third-order valence-corrected chi connectivity index (χ3v) is 2.04. The Bertz CT molecular complexity index is 111. The molecule has 0 bridgehead atoms. The van der Waals surface area contributed by atoms with Crippen LogP contribution in [0.2, 0.25) is 0 Å². The van der Waals surface area contributed by atoms with Crippen molar-refractivity contribution in [2.75, 3.05) is 13.1 Å². The van der Waals surface area contributed by atoms with Crippen molar-refractivity contribution in [3.05, 3.63) is 0 Å². The maximum atomic E-state index is 4.48. The fourth-order valence-corrected chi connectivity index (χ4v) is 2.07. The molecule has 0 saturated carbocycles. The largest absolute Gasteiger partial charge is 0.241 e. The van der Waals surface area contributed by atoms with Gasteiger partial charge in [-0.3, -0.25) is 0 Å². The van der Waals surface area contributed by atoms with Crippen LogP contribution < -0.4 is 5.32 Å². The van der Waals surface area contributed by atoms with Gasteiger partial charge in [-0.1, -0.05) is 27.7 Å². The van der Waals surface area contributed by atoms with Gasteiger partial charge in [-0.25, -0.2) is 5.32 Å². The van der Waals surface area contributed by atoms with Crippen LogP contribution >= 0.6 is 0 Å². The Morgan fingerprint density at radius 2 is 1.30 bits per heavy atom. The van der Waals surface area contributed by atoms with Crippen LogP contribution in [0.3, 0.4) is 0 Å². The van der Waals surface area contributed by atoms with Gasteiger partial charge in [-0.05, 0) is 17.3 Å². The molecule has 0 aromatic carbocycles. The first-order valence-electron chi connectivity index (χ1n) is 4.05. The number of hydrogen-bond acceptors (Lipinski definition) is 0. The summed E-state index contributed by atoms with van der Waals surface area (Å²) in [6.07, 6.45) is 1.31. The highest BCUT2D eigenvalue weighted by Crippen LogP contribution is 2.36. The Morgan fingerprint density at radius 3 is 1.50 bits per heavy atom. The molecule has 0 atom stereocenters. The van der Waals surface area contributed by atoms with Crippen molar-refractivity contribution in [1.82, 2.24) is 5.32 Å². The lowest BCUT2D eigenvalue weighted by atomic mass is 9.72. The van der Waals surface area contributed by atoms with Crippen molar-refractivity contribution in [3.63, 3.8) is 0 Å². The van der Waals surface area contributed by atoms with Crippen molar-refractivity contribution < 1.29 is 0 Å². The van der Waals surface area contributed by atoms with Gasteiger partial charge in [0, 0.05) is 13.1 Å². The van der Waals surface area contributed by atoms with E-state index in [2.05, 4.69) is 33.0 Å². The molecule has 1 radical (unpaired) electrons. The van der Waals surface area contributed by atoms with Gasteiger partial charge in [-0.15, -0.1) is 0 Å². The molecule has 0 aromatic rings. The second-order valence-corrected chi connectivity index (χ2v) is 5.05. The fraction of sp³-hybridized carbons (Fsp3) is 1.00. The summed E-state index contributed by atoms with van der Waals surface area (Å²) in [6.45, 7) is 11.3. The molecule has 1 heteroatoms. The number of piperidine rings is 1. The van der Waals surface area contributed by atoms with E-state index in [0.29, 0.717) is 10.8 Å². The zero-order valence-corrected chi connectivity index (χ0v) is 7.57. The van der Waals surface area contributed by atoms with E-state index in [1.54, 1.807) is 0 Å². The quantitative estimate of drug-likeness (QED) is 0.489. The SMILES string of the molecule is CC1(C)C[N]CC(C)(C)C1. The van der Waals surface area contributed by atoms with Gasteiger partial charge in [0.15, 0.2) is 0 Å². The predicted octanol–water partition coefficient (Wildman–Crippen LogP) is 2.05. The van der Waals surface area contributed by atoms with Crippen molar-refractivity contribution >= 4 is 0 Å². The smallest absolute Gasteiger partial charge is 0.0185 e. The molecule has 0 spiro atoms. The van der Waals surface area contributed by atoms with Crippen molar-refractivity contribution in [1.29, 1.82) is 0 Å². The van der Waals surface area contributed by atoms with Gasteiger partial charge in [-0.2, -0.15) is 0 Å². The van der Waals surface area contributed by atoms with E-state index in [1.165, 1.54) is 6.42 Å². The molecule has 0 aliphatic carbocycles. The van der Waals surface area contributed by atoms with Crippen molar-refractivity contribution in [2.45, 2.75) is 34.1 Å². The lowest BCUT2D eigenvalue weighted by Gasteiger charge is -2.40. The fourth-order valence-electron chi connectivity index (χ4n) is 2.07. The number of rotatable bonds is 0. The van der Waals surface area contributed by atoms with Crippen LogP contribution in [0, 0.1) is 10.8 Å². The Kier molecular flexibility index (Phi) is 1.80. The first kappa shape index (κ1) is 8.06. The molecule has 0 aromatic heterocycles. The summed E-state index contributed by atoms with van der Waals surface area (Å²) in [4.78, 5) is 0. The van der Waals surface area contributed by atoms with Crippen LogP contribution in [0.4, 0.5) is 0 Å². The van der Waals surface area contributed by atoms with E-state index < -0.39 is 0 Å². The Morgan fingerprint density at radius 1 is 0.900 bits per heavy atom. The second kappa shape index (κ2) is 2.23. The summed E-state index contributed by atoms with van der Waals surface area (Å²) >= 11 is 0. The van der Waals surface area contributed by atoms with Crippen LogP contribution in [0.15, 0.2) is 0 Å². The van der Waals surface area contributed by atoms with Gasteiger partial charge in [0.1, 0.15) is 0 Å².